The Morgan fingerprint density at radius 3 is 2.14 bits per heavy atom. The van der Waals surface area contributed by atoms with Crippen LogP contribution >= 0.6 is 0 Å². The van der Waals surface area contributed by atoms with Crippen LogP contribution < -0.4 is 15.4 Å². The fraction of sp³-hybridized carbons (Fsp3) is 0.562. The van der Waals surface area contributed by atoms with Gasteiger partial charge in [0.25, 0.3) is 0 Å². The summed E-state index contributed by atoms with van der Waals surface area (Å²) < 4.78 is 18.5. The number of amides is 2. The molecule has 2 amide bonds. The molecule has 4 aliphatic rings. The first-order chi connectivity index (χ1) is 23.0. The Labute approximate surface area is 279 Å². The average Bonchev–Trinajstić information content (AvgIpc) is 3.36. The van der Waals surface area contributed by atoms with Crippen molar-refractivity contribution in [3.63, 3.8) is 0 Å². The van der Waals surface area contributed by atoms with Gasteiger partial charge in [0.15, 0.2) is 17.6 Å². The predicted octanol–water partition coefficient (Wildman–Crippen LogP) is -1.17. The number of aromatic hydroxyl groups is 1. The lowest BCUT2D eigenvalue weighted by Crippen LogP contribution is -2.71. The summed E-state index contributed by atoms with van der Waals surface area (Å²) in [4.78, 5) is 76.8. The average molecular weight is 690 g/mol. The molecular weight excluding hydrogens is 650 g/mol. The molecule has 2 aliphatic heterocycles. The molecule has 2 aliphatic carbocycles. The van der Waals surface area contributed by atoms with Crippen LogP contribution in [-0.2, 0) is 50.1 Å². The number of likely N-dealkylation sites (tertiary alicyclic amines) is 1. The largest absolute Gasteiger partial charge is 0.504 e. The number of benzene rings is 1. The van der Waals surface area contributed by atoms with Gasteiger partial charge in [0.1, 0.15) is 35.7 Å². The Morgan fingerprint density at radius 1 is 0.980 bits per heavy atom. The van der Waals surface area contributed by atoms with E-state index < -0.39 is 96.0 Å². The van der Waals surface area contributed by atoms with Crippen LogP contribution in [0.5, 0.6) is 11.5 Å². The van der Waals surface area contributed by atoms with E-state index in [0.29, 0.717) is 31.4 Å². The molecule has 2 bridgehead atoms. The van der Waals surface area contributed by atoms with Crippen LogP contribution in [0.15, 0.2) is 24.0 Å². The van der Waals surface area contributed by atoms with Crippen LogP contribution in [0.3, 0.4) is 0 Å². The molecule has 1 aromatic rings. The monoisotopic (exact) mass is 689 g/mol. The molecule has 7 N–H and O–H groups in total. The fourth-order valence-electron chi connectivity index (χ4n) is 7.60. The highest BCUT2D eigenvalue weighted by atomic mass is 16.6. The van der Waals surface area contributed by atoms with E-state index in [1.165, 1.54) is 12.1 Å². The zero-order valence-corrected chi connectivity index (χ0v) is 27.0. The van der Waals surface area contributed by atoms with Gasteiger partial charge >= 0.3 is 23.9 Å². The number of carboxylic acids is 2. The third-order valence-corrected chi connectivity index (χ3v) is 9.80. The van der Waals surface area contributed by atoms with E-state index in [1.54, 1.807) is 6.07 Å². The molecule has 1 spiro atoms. The smallest absolute Gasteiger partial charge is 0.326 e. The van der Waals surface area contributed by atoms with Crippen molar-refractivity contribution in [2.24, 2.45) is 0 Å². The summed E-state index contributed by atoms with van der Waals surface area (Å²) in [5.74, 6) is -7.26. The molecule has 266 valence electrons. The maximum Gasteiger partial charge on any atom is 0.326 e. The van der Waals surface area contributed by atoms with E-state index in [0.717, 1.165) is 19.4 Å². The Bertz CT molecular complexity index is 1610. The van der Waals surface area contributed by atoms with Gasteiger partial charge in [0.2, 0.25) is 11.8 Å². The van der Waals surface area contributed by atoms with Crippen molar-refractivity contribution in [3.05, 3.63) is 35.1 Å². The molecule has 0 aromatic heterocycles. The minimum absolute atomic E-state index is 0.0398. The summed E-state index contributed by atoms with van der Waals surface area (Å²) in [6.07, 6.45) is -3.24. The summed E-state index contributed by atoms with van der Waals surface area (Å²) in [5, 5.41) is 53.6. The van der Waals surface area contributed by atoms with Gasteiger partial charge < -0.3 is 50.4 Å². The number of likely N-dealkylation sites (N-methyl/N-ethyl adjacent to an activating group) is 1. The number of aliphatic hydroxyl groups excluding tert-OH is 2. The van der Waals surface area contributed by atoms with Gasteiger partial charge in [-0.25, -0.2) is 9.59 Å². The number of carboxylic acid groups (broad SMARTS) is 2. The predicted molar refractivity (Wildman–Crippen MR) is 163 cm³/mol. The van der Waals surface area contributed by atoms with E-state index >= 15 is 0 Å². The van der Waals surface area contributed by atoms with Gasteiger partial charge in [0.05, 0.1) is 24.3 Å². The standard InChI is InChI=1S/C32H39N3O14/c1-14(36)27(41)33-17(29(43)44)12-22(39)47-20-7-9-32(49-23(40)13-18(30(45)46)34-28(42)15(2)37)21-11-16-5-6-19(38)25-24(16)31(32,26(20)48-25)8-4-10-35(21)3/h5-7,14-15,17-18,21,26,36-38H,4,8-13H2,1-3H3,(H,33,41)(H,34,42)(H,43,44)(H,45,46)/t14-,15-,17-,18-,21+,26-,31-,32+/m0/s1. The molecule has 1 saturated heterocycles. The molecule has 0 unspecified atom stereocenters. The summed E-state index contributed by atoms with van der Waals surface area (Å²) in [5.41, 5.74) is -1.41. The second kappa shape index (κ2) is 13.3. The molecule has 1 aromatic carbocycles. The lowest BCUT2D eigenvalue weighted by Gasteiger charge is -2.58. The number of rotatable bonds is 12. The molecule has 8 atom stereocenters. The van der Waals surface area contributed by atoms with E-state index in [9.17, 15) is 54.3 Å². The highest BCUT2D eigenvalue weighted by Gasteiger charge is 2.73. The Balaban J connectivity index is 1.54. The lowest BCUT2D eigenvalue weighted by atomic mass is 9.52. The van der Waals surface area contributed by atoms with Crippen LogP contribution in [0.2, 0.25) is 0 Å². The van der Waals surface area contributed by atoms with Gasteiger partial charge in [-0.2, -0.15) is 0 Å². The van der Waals surface area contributed by atoms with Crippen molar-refractivity contribution in [1.82, 2.24) is 15.5 Å². The number of ether oxygens (including phenoxy) is 3. The molecule has 0 radical (unpaired) electrons. The van der Waals surface area contributed by atoms with Crippen molar-refractivity contribution < 1.29 is 68.5 Å². The molecule has 0 saturated carbocycles. The molecule has 49 heavy (non-hydrogen) atoms. The number of hydrogen-bond donors (Lipinski definition) is 7. The normalized spacial score (nSPS) is 27.4. The zero-order valence-electron chi connectivity index (χ0n) is 27.0. The molecular formula is C32H39N3O14. The van der Waals surface area contributed by atoms with Gasteiger partial charge in [0, 0.05) is 12.0 Å². The van der Waals surface area contributed by atoms with E-state index in [2.05, 4.69) is 10.6 Å². The Kier molecular flexibility index (Phi) is 9.64. The van der Waals surface area contributed by atoms with Crippen LogP contribution in [0.4, 0.5) is 0 Å². The molecule has 1 fully saturated rings. The molecule has 17 heteroatoms. The van der Waals surface area contributed by atoms with Crippen LogP contribution in [0, 0.1) is 0 Å². The number of aliphatic hydroxyl groups is 2. The summed E-state index contributed by atoms with van der Waals surface area (Å²) in [6.45, 7) is 2.82. The highest BCUT2D eigenvalue weighted by Crippen LogP contribution is 2.66. The van der Waals surface area contributed by atoms with Crippen molar-refractivity contribution in [3.8, 4) is 11.5 Å². The first kappa shape index (κ1) is 35.6. The van der Waals surface area contributed by atoms with Crippen molar-refractivity contribution in [2.45, 2.75) is 99.8 Å². The van der Waals surface area contributed by atoms with Crippen molar-refractivity contribution in [2.75, 3.05) is 13.6 Å². The highest BCUT2D eigenvalue weighted by molar-refractivity contribution is 5.90. The zero-order chi connectivity index (χ0) is 36.0. The second-order valence-corrected chi connectivity index (χ2v) is 12.9. The number of nitrogens with one attached hydrogen (secondary N) is 2. The third-order valence-electron chi connectivity index (χ3n) is 9.80. The number of carbonyl (C=O) groups is 6. The third kappa shape index (κ3) is 6.17. The van der Waals surface area contributed by atoms with Crippen molar-refractivity contribution >= 4 is 35.7 Å². The van der Waals surface area contributed by atoms with Crippen LogP contribution in [0.1, 0.15) is 57.1 Å². The SMILES string of the molecule is C[C@H](O)C(=O)N[C@@H](CC(=O)OC1=CC[C@@]2(OC(=O)C[C@H](NC(=O)[C@H](C)O)C(=O)O)[C@H]3Cc4ccc(O)c5c4[C@@]2(CCCN3C)[C@H]1O5)C(=O)O. The van der Waals surface area contributed by atoms with Gasteiger partial charge in [-0.05, 0) is 64.4 Å². The number of hydrogen-bond acceptors (Lipinski definition) is 13. The number of phenols is 1. The summed E-state index contributed by atoms with van der Waals surface area (Å²) >= 11 is 0. The maximum absolute atomic E-state index is 13.7. The molecule has 5 rings (SSSR count). The van der Waals surface area contributed by atoms with Gasteiger partial charge in [-0.15, -0.1) is 0 Å². The van der Waals surface area contributed by atoms with Crippen molar-refractivity contribution in [1.29, 1.82) is 0 Å². The van der Waals surface area contributed by atoms with Crippen LogP contribution in [-0.4, -0.2) is 122 Å². The van der Waals surface area contributed by atoms with Gasteiger partial charge in [-0.3, -0.25) is 24.1 Å². The molecule has 17 nitrogen and oxygen atoms in total. The topological polar surface area (TPSA) is 259 Å². The quantitative estimate of drug-likeness (QED) is 0.128. The summed E-state index contributed by atoms with van der Waals surface area (Å²) in [7, 11) is 1.85. The first-order valence-electron chi connectivity index (χ1n) is 15.8. The minimum Gasteiger partial charge on any atom is -0.504 e. The molecule has 2 heterocycles. The van der Waals surface area contributed by atoms with Gasteiger partial charge in [-0.1, -0.05) is 6.07 Å². The van der Waals surface area contributed by atoms with E-state index in [4.69, 9.17) is 14.2 Å². The Hall–Kier alpha value is -4.74. The number of phenolic OH excluding ortho intramolecular Hbond substituents is 1. The van der Waals surface area contributed by atoms with Crippen LogP contribution in [0.25, 0.3) is 0 Å². The number of nitrogens with zero attached hydrogens (tertiary/aromatic N) is 1. The summed E-state index contributed by atoms with van der Waals surface area (Å²) in [6, 6.07) is -0.757. The van der Waals surface area contributed by atoms with E-state index in [-0.39, 0.29) is 23.7 Å². The maximum atomic E-state index is 13.7. The lowest BCUT2D eigenvalue weighted by molar-refractivity contribution is -0.192. The number of esters is 2. The number of carbonyl (C=O) groups excluding carboxylic acids is 4. The number of aliphatic carboxylic acids is 2. The Morgan fingerprint density at radius 2 is 1.57 bits per heavy atom. The second-order valence-electron chi connectivity index (χ2n) is 12.9. The first-order valence-corrected chi connectivity index (χ1v) is 15.8. The fourth-order valence-corrected chi connectivity index (χ4v) is 7.60. The van der Waals surface area contributed by atoms with E-state index in [1.807, 2.05) is 11.9 Å². The minimum atomic E-state index is -1.73.